The van der Waals surface area contributed by atoms with Gasteiger partial charge in [-0.25, -0.2) is 9.97 Å². The van der Waals surface area contributed by atoms with Crippen molar-refractivity contribution < 1.29 is 15.1 Å². The zero-order chi connectivity index (χ0) is 17.8. The second kappa shape index (κ2) is 7.11. The van der Waals surface area contributed by atoms with Gasteiger partial charge in [-0.15, -0.1) is 5.75 Å². The lowest BCUT2D eigenvalue weighted by Crippen LogP contribution is -2.26. The van der Waals surface area contributed by atoms with Crippen LogP contribution in [-0.2, 0) is 11.2 Å². The van der Waals surface area contributed by atoms with Gasteiger partial charge in [-0.2, -0.15) is 5.06 Å². The monoisotopic (exact) mass is 334 g/mol. The molecule has 1 N–H and O–H groups in total. The van der Waals surface area contributed by atoms with Crippen molar-refractivity contribution >= 4 is 11.7 Å². The maximum Gasteiger partial charge on any atom is 0.249 e. The Morgan fingerprint density at radius 1 is 1.12 bits per heavy atom. The lowest BCUT2D eigenvalue weighted by atomic mass is 10.1. The molecule has 0 saturated heterocycles. The molecule has 0 radical (unpaired) electrons. The van der Waals surface area contributed by atoms with Crippen molar-refractivity contribution in [3.8, 4) is 17.0 Å². The van der Waals surface area contributed by atoms with Crippen molar-refractivity contribution in [3.05, 3.63) is 72.1 Å². The standard InChI is InChI=1S/C19H17N3O3/c1-13(23)22(25)19-17(11-14-5-3-2-4-6-14)21-18(12-20-19)15-7-9-16(24)10-8-15/h2-10,12,24-25H,11H2,1H3/p-1. The Hall–Kier alpha value is -3.25. The van der Waals surface area contributed by atoms with Crippen molar-refractivity contribution in [3.63, 3.8) is 0 Å². The third-order valence-corrected chi connectivity index (χ3v) is 3.69. The zero-order valence-corrected chi connectivity index (χ0v) is 13.6. The maximum atomic E-state index is 11.5. The highest BCUT2D eigenvalue weighted by Crippen LogP contribution is 2.24. The summed E-state index contributed by atoms with van der Waals surface area (Å²) < 4.78 is 0. The molecule has 0 aliphatic carbocycles. The third-order valence-electron chi connectivity index (χ3n) is 3.69. The van der Waals surface area contributed by atoms with Gasteiger partial charge < -0.3 is 5.11 Å². The van der Waals surface area contributed by atoms with E-state index in [4.69, 9.17) is 0 Å². The van der Waals surface area contributed by atoms with Crippen LogP contribution in [0.2, 0.25) is 0 Å². The summed E-state index contributed by atoms with van der Waals surface area (Å²) in [7, 11) is 0. The van der Waals surface area contributed by atoms with Crippen molar-refractivity contribution in [1.82, 2.24) is 9.97 Å². The molecule has 6 nitrogen and oxygen atoms in total. The smallest absolute Gasteiger partial charge is 0.249 e. The Labute approximate surface area is 145 Å². The Kier molecular flexibility index (Phi) is 4.72. The highest BCUT2D eigenvalue weighted by atomic mass is 16.5. The van der Waals surface area contributed by atoms with Gasteiger partial charge in [-0.05, 0) is 5.56 Å². The van der Waals surface area contributed by atoms with Gasteiger partial charge in [0.2, 0.25) is 5.91 Å². The lowest BCUT2D eigenvalue weighted by Gasteiger charge is -2.16. The predicted octanol–water partition coefficient (Wildman–Crippen LogP) is 2.55. The predicted molar refractivity (Wildman–Crippen MR) is 91.1 cm³/mol. The molecule has 0 fully saturated rings. The molecule has 1 amide bonds. The number of hydrogen-bond acceptors (Lipinski definition) is 5. The molecule has 0 aliphatic heterocycles. The van der Waals surface area contributed by atoms with E-state index in [1.807, 2.05) is 30.3 Å². The number of aromatic nitrogens is 2. The second-order valence-corrected chi connectivity index (χ2v) is 5.54. The number of carbonyl (C=O) groups is 1. The minimum Gasteiger partial charge on any atom is -0.872 e. The van der Waals surface area contributed by atoms with Crippen molar-refractivity contribution in [1.29, 1.82) is 0 Å². The molecule has 0 saturated carbocycles. The summed E-state index contributed by atoms with van der Waals surface area (Å²) in [6.07, 6.45) is 1.87. The first-order valence-corrected chi connectivity index (χ1v) is 7.71. The van der Waals surface area contributed by atoms with E-state index in [1.165, 1.54) is 25.3 Å². The van der Waals surface area contributed by atoms with Crippen LogP contribution in [0.25, 0.3) is 11.3 Å². The van der Waals surface area contributed by atoms with Gasteiger partial charge in [-0.1, -0.05) is 54.6 Å². The van der Waals surface area contributed by atoms with E-state index in [-0.39, 0.29) is 11.6 Å². The first kappa shape index (κ1) is 16.6. The van der Waals surface area contributed by atoms with E-state index >= 15 is 0 Å². The number of hydrogen-bond donors (Lipinski definition) is 1. The molecule has 0 unspecified atom stereocenters. The number of nitrogens with zero attached hydrogens (tertiary/aromatic N) is 3. The summed E-state index contributed by atoms with van der Waals surface area (Å²) in [6.45, 7) is 1.24. The molecule has 6 heteroatoms. The Balaban J connectivity index is 2.04. The fourth-order valence-electron chi connectivity index (χ4n) is 2.42. The Morgan fingerprint density at radius 3 is 2.44 bits per heavy atom. The lowest BCUT2D eigenvalue weighted by molar-refractivity contribution is -0.268. The molecule has 2 aromatic carbocycles. The van der Waals surface area contributed by atoms with Gasteiger partial charge in [0.15, 0.2) is 5.82 Å². The number of benzene rings is 2. The SMILES string of the molecule is CC(=O)N(O)c1ncc(-c2ccc([O-])cc2)nc1Cc1ccccc1. The summed E-state index contributed by atoms with van der Waals surface area (Å²) in [5.41, 5.74) is 2.74. The molecule has 1 aromatic heterocycles. The average Bonchev–Trinajstić information content (AvgIpc) is 2.62. The van der Waals surface area contributed by atoms with Crippen LogP contribution in [0.5, 0.6) is 5.75 Å². The van der Waals surface area contributed by atoms with Crippen molar-refractivity contribution in [2.24, 2.45) is 0 Å². The molecule has 3 rings (SSSR count). The van der Waals surface area contributed by atoms with E-state index < -0.39 is 5.91 Å². The topological polar surface area (TPSA) is 89.4 Å². The molecule has 126 valence electrons. The van der Waals surface area contributed by atoms with Crippen LogP contribution in [-0.4, -0.2) is 21.1 Å². The quantitative estimate of drug-likeness (QED) is 0.585. The first-order valence-electron chi connectivity index (χ1n) is 7.71. The molecule has 0 atom stereocenters. The van der Waals surface area contributed by atoms with E-state index in [2.05, 4.69) is 9.97 Å². The summed E-state index contributed by atoms with van der Waals surface area (Å²) in [5.74, 6) is -0.538. The van der Waals surface area contributed by atoms with Gasteiger partial charge in [0.25, 0.3) is 0 Å². The van der Waals surface area contributed by atoms with Crippen LogP contribution >= 0.6 is 0 Å². The van der Waals surface area contributed by atoms with E-state index in [0.29, 0.717) is 22.9 Å². The van der Waals surface area contributed by atoms with Crippen LogP contribution in [0.1, 0.15) is 18.2 Å². The van der Waals surface area contributed by atoms with Crippen molar-refractivity contribution in [2.75, 3.05) is 5.06 Å². The number of carbonyl (C=O) groups excluding carboxylic acids is 1. The summed E-state index contributed by atoms with van der Waals surface area (Å²) in [6, 6.07) is 15.8. The van der Waals surface area contributed by atoms with E-state index in [1.54, 1.807) is 12.1 Å². The van der Waals surface area contributed by atoms with Gasteiger partial charge in [-0.3, -0.25) is 10.0 Å². The molecule has 25 heavy (non-hydrogen) atoms. The Morgan fingerprint density at radius 2 is 1.80 bits per heavy atom. The highest BCUT2D eigenvalue weighted by Gasteiger charge is 2.17. The summed E-state index contributed by atoms with van der Waals surface area (Å²) in [4.78, 5) is 20.3. The fraction of sp³-hybridized carbons (Fsp3) is 0.105. The van der Waals surface area contributed by atoms with E-state index in [0.717, 1.165) is 11.1 Å². The first-order chi connectivity index (χ1) is 12.0. The molecular formula is C19H16N3O3-. The fourth-order valence-corrected chi connectivity index (χ4v) is 2.42. The van der Waals surface area contributed by atoms with Crippen LogP contribution in [0.15, 0.2) is 60.8 Å². The van der Waals surface area contributed by atoms with Crippen LogP contribution < -0.4 is 10.2 Å². The molecule has 3 aromatic rings. The zero-order valence-electron chi connectivity index (χ0n) is 13.6. The molecule has 0 spiro atoms. The molecule has 1 heterocycles. The number of amides is 1. The van der Waals surface area contributed by atoms with Gasteiger partial charge in [0.05, 0.1) is 17.6 Å². The second-order valence-electron chi connectivity index (χ2n) is 5.54. The number of anilines is 1. The molecular weight excluding hydrogens is 318 g/mol. The average molecular weight is 334 g/mol. The molecule has 0 aliphatic rings. The largest absolute Gasteiger partial charge is 0.872 e. The maximum absolute atomic E-state index is 11.5. The molecule has 0 bridgehead atoms. The van der Waals surface area contributed by atoms with Gasteiger partial charge >= 0.3 is 0 Å². The Bertz CT molecular complexity index is 880. The van der Waals surface area contributed by atoms with Crippen LogP contribution in [0, 0.1) is 0 Å². The van der Waals surface area contributed by atoms with Gasteiger partial charge in [0.1, 0.15) is 0 Å². The van der Waals surface area contributed by atoms with Crippen LogP contribution in [0.4, 0.5) is 5.82 Å². The summed E-state index contributed by atoms with van der Waals surface area (Å²) in [5, 5.41) is 21.8. The van der Waals surface area contributed by atoms with Gasteiger partial charge in [0, 0.05) is 18.9 Å². The summed E-state index contributed by atoms with van der Waals surface area (Å²) >= 11 is 0. The minimum absolute atomic E-state index is 0.0871. The highest BCUT2D eigenvalue weighted by molar-refractivity contribution is 5.88. The van der Waals surface area contributed by atoms with Crippen LogP contribution in [0.3, 0.4) is 0 Å². The number of hydroxylamine groups is 1. The normalized spacial score (nSPS) is 10.5. The van der Waals surface area contributed by atoms with Crippen molar-refractivity contribution in [2.45, 2.75) is 13.3 Å². The van der Waals surface area contributed by atoms with E-state index in [9.17, 15) is 15.1 Å². The third kappa shape index (κ3) is 3.81. The minimum atomic E-state index is -0.549. The number of rotatable bonds is 4.